The van der Waals surface area contributed by atoms with Crippen molar-refractivity contribution < 1.29 is 0 Å². The van der Waals surface area contributed by atoms with Crippen LogP contribution in [0.15, 0.2) is 42.6 Å². The quantitative estimate of drug-likeness (QED) is 0.545. The normalized spacial score (nSPS) is 14.2. The van der Waals surface area contributed by atoms with Gasteiger partial charge in [0.05, 0.1) is 5.69 Å². The van der Waals surface area contributed by atoms with E-state index in [1.807, 2.05) is 36.5 Å². The molecular weight excluding hydrogens is 369 g/mol. The lowest BCUT2D eigenvalue weighted by Crippen LogP contribution is -2.31. The van der Waals surface area contributed by atoms with Crippen molar-refractivity contribution in [3.63, 3.8) is 0 Å². The molecule has 132 valence electrons. The highest BCUT2D eigenvalue weighted by Gasteiger charge is 2.20. The number of fused-ring (bicyclic) bond motifs is 1. The van der Waals surface area contributed by atoms with Gasteiger partial charge in [0.15, 0.2) is 5.82 Å². The molecule has 0 radical (unpaired) electrons. The van der Waals surface area contributed by atoms with E-state index in [1.165, 1.54) is 5.56 Å². The number of benzene rings is 1. The second-order valence-electron chi connectivity index (χ2n) is 6.33. The van der Waals surface area contributed by atoms with Crippen LogP contribution < -0.4 is 5.73 Å². The van der Waals surface area contributed by atoms with Crippen LogP contribution in [0.25, 0.3) is 11.4 Å². The summed E-state index contributed by atoms with van der Waals surface area (Å²) in [6.45, 7) is 2.39. The Morgan fingerprint density at radius 2 is 1.85 bits per heavy atom. The van der Waals surface area contributed by atoms with E-state index in [1.54, 1.807) is 6.07 Å². The van der Waals surface area contributed by atoms with Gasteiger partial charge in [0.25, 0.3) is 0 Å². The van der Waals surface area contributed by atoms with Crippen molar-refractivity contribution in [1.82, 2.24) is 19.9 Å². The maximum Gasteiger partial charge on any atom is 0.159 e. The van der Waals surface area contributed by atoms with E-state index in [2.05, 4.69) is 14.9 Å². The minimum Gasteiger partial charge on any atom is -0.399 e. The Morgan fingerprint density at radius 1 is 1.04 bits per heavy atom. The van der Waals surface area contributed by atoms with Gasteiger partial charge in [-0.15, -0.1) is 0 Å². The number of hydrogen-bond acceptors (Lipinski definition) is 5. The third-order valence-corrected chi connectivity index (χ3v) is 5.02. The number of rotatable bonds is 3. The lowest BCUT2D eigenvalue weighted by Gasteiger charge is -2.28. The first-order valence-electron chi connectivity index (χ1n) is 8.32. The zero-order chi connectivity index (χ0) is 18.1. The molecule has 2 N–H and O–H groups in total. The second-order valence-corrected chi connectivity index (χ2v) is 7.08. The highest BCUT2D eigenvalue weighted by atomic mass is 35.5. The van der Waals surface area contributed by atoms with Crippen LogP contribution in [0.2, 0.25) is 10.3 Å². The molecule has 0 bridgehead atoms. The zero-order valence-corrected chi connectivity index (χ0v) is 15.5. The average Bonchev–Trinajstić information content (AvgIpc) is 2.64. The van der Waals surface area contributed by atoms with E-state index in [0.717, 1.165) is 47.8 Å². The molecule has 0 fully saturated rings. The third-order valence-electron chi connectivity index (χ3n) is 4.48. The van der Waals surface area contributed by atoms with Gasteiger partial charge in [-0.05, 0) is 42.3 Å². The summed E-state index contributed by atoms with van der Waals surface area (Å²) in [5.74, 6) is 0.719. The number of aromatic nitrogens is 3. The summed E-state index contributed by atoms with van der Waals surface area (Å²) in [6, 6.07) is 11.3. The Labute approximate surface area is 161 Å². The number of hydrogen-bond donors (Lipinski definition) is 1. The van der Waals surface area contributed by atoms with Crippen LogP contribution in [0.3, 0.4) is 0 Å². The fourth-order valence-corrected chi connectivity index (χ4v) is 3.47. The van der Waals surface area contributed by atoms with Crippen molar-refractivity contribution in [3.05, 3.63) is 69.7 Å². The van der Waals surface area contributed by atoms with Gasteiger partial charge in [0.2, 0.25) is 0 Å². The summed E-state index contributed by atoms with van der Waals surface area (Å²) in [6.07, 6.45) is 2.85. The monoisotopic (exact) mass is 385 g/mol. The van der Waals surface area contributed by atoms with E-state index < -0.39 is 0 Å². The largest absolute Gasteiger partial charge is 0.399 e. The van der Waals surface area contributed by atoms with Crippen molar-refractivity contribution >= 4 is 28.9 Å². The Morgan fingerprint density at radius 3 is 2.62 bits per heavy atom. The van der Waals surface area contributed by atoms with Gasteiger partial charge in [-0.2, -0.15) is 0 Å². The summed E-state index contributed by atoms with van der Waals surface area (Å²) in [7, 11) is 0. The summed E-state index contributed by atoms with van der Waals surface area (Å²) >= 11 is 12.1. The molecule has 4 rings (SSSR count). The predicted molar refractivity (Wildman–Crippen MR) is 104 cm³/mol. The topological polar surface area (TPSA) is 67.9 Å². The van der Waals surface area contributed by atoms with Gasteiger partial charge in [-0.25, -0.2) is 15.0 Å². The van der Waals surface area contributed by atoms with Crippen molar-refractivity contribution in [1.29, 1.82) is 0 Å². The molecule has 3 heterocycles. The van der Waals surface area contributed by atoms with Crippen LogP contribution in [0.4, 0.5) is 5.69 Å². The van der Waals surface area contributed by atoms with Crippen LogP contribution >= 0.6 is 23.2 Å². The summed E-state index contributed by atoms with van der Waals surface area (Å²) < 4.78 is 0. The van der Waals surface area contributed by atoms with Crippen molar-refractivity contribution in [2.24, 2.45) is 0 Å². The predicted octanol–water partition coefficient (Wildman–Crippen LogP) is 3.99. The number of anilines is 1. The number of pyridine rings is 1. The molecule has 0 atom stereocenters. The molecule has 0 amide bonds. The van der Waals surface area contributed by atoms with Gasteiger partial charge in [0.1, 0.15) is 10.3 Å². The third kappa shape index (κ3) is 3.65. The van der Waals surface area contributed by atoms with Gasteiger partial charge in [-0.1, -0.05) is 29.3 Å². The zero-order valence-electron chi connectivity index (χ0n) is 14.0. The van der Waals surface area contributed by atoms with Gasteiger partial charge in [0, 0.05) is 42.6 Å². The molecule has 0 unspecified atom stereocenters. The fraction of sp³-hybridized carbons (Fsp3) is 0.211. The first-order chi connectivity index (χ1) is 12.6. The van der Waals surface area contributed by atoms with Crippen LogP contribution in [-0.4, -0.2) is 26.4 Å². The average molecular weight is 386 g/mol. The van der Waals surface area contributed by atoms with Crippen LogP contribution in [0, 0.1) is 0 Å². The Kier molecular flexibility index (Phi) is 4.76. The van der Waals surface area contributed by atoms with E-state index in [0.29, 0.717) is 16.9 Å². The minimum atomic E-state index is 0.406. The Hall–Kier alpha value is -2.21. The highest BCUT2D eigenvalue weighted by molar-refractivity contribution is 6.32. The van der Waals surface area contributed by atoms with Crippen molar-refractivity contribution in [3.8, 4) is 11.4 Å². The first-order valence-corrected chi connectivity index (χ1v) is 9.08. The minimum absolute atomic E-state index is 0.406. The molecule has 7 heteroatoms. The summed E-state index contributed by atoms with van der Waals surface area (Å²) in [5, 5.41) is 0.858. The van der Waals surface area contributed by atoms with Gasteiger partial charge in [-0.3, -0.25) is 4.90 Å². The lowest BCUT2D eigenvalue weighted by molar-refractivity contribution is 0.241. The first kappa shape index (κ1) is 17.2. The molecule has 1 aliphatic rings. The van der Waals surface area contributed by atoms with Crippen molar-refractivity contribution in [2.45, 2.75) is 19.5 Å². The second kappa shape index (κ2) is 7.19. The SMILES string of the molecule is Nc1ccc(-c2ncc3c(n2)CN(Cc2ccc(Cl)nc2Cl)CC3)cc1. The molecule has 0 saturated heterocycles. The molecule has 0 spiro atoms. The molecule has 26 heavy (non-hydrogen) atoms. The maximum absolute atomic E-state index is 6.21. The smallest absolute Gasteiger partial charge is 0.159 e. The number of nitrogen functional groups attached to an aromatic ring is 1. The Bertz CT molecular complexity index is 943. The van der Waals surface area contributed by atoms with Crippen LogP contribution in [0.1, 0.15) is 16.8 Å². The highest BCUT2D eigenvalue weighted by Crippen LogP contribution is 2.24. The molecule has 0 aliphatic carbocycles. The van der Waals surface area contributed by atoms with Crippen LogP contribution in [-0.2, 0) is 19.5 Å². The number of halogens is 2. The van der Waals surface area contributed by atoms with E-state index in [9.17, 15) is 0 Å². The van der Waals surface area contributed by atoms with Gasteiger partial charge < -0.3 is 5.73 Å². The Balaban J connectivity index is 1.55. The molecule has 0 saturated carbocycles. The molecule has 1 aromatic carbocycles. The number of nitrogens with two attached hydrogens (primary N) is 1. The van der Waals surface area contributed by atoms with Crippen molar-refractivity contribution in [2.75, 3.05) is 12.3 Å². The summed E-state index contributed by atoms with van der Waals surface area (Å²) in [5.41, 5.74) is 10.7. The van der Waals surface area contributed by atoms with Crippen LogP contribution in [0.5, 0.6) is 0 Å². The van der Waals surface area contributed by atoms with E-state index in [4.69, 9.17) is 33.9 Å². The molecule has 2 aromatic heterocycles. The maximum atomic E-state index is 6.21. The number of nitrogens with zero attached hydrogens (tertiary/aromatic N) is 4. The van der Waals surface area contributed by atoms with Gasteiger partial charge >= 0.3 is 0 Å². The standard InChI is InChI=1S/C19H17Cl2N5/c20-17-6-3-14(18(21)25-17)10-26-8-7-13-9-23-19(24-16(13)11-26)12-1-4-15(22)5-2-12/h1-6,9H,7-8,10-11,22H2. The van der Waals surface area contributed by atoms with E-state index in [-0.39, 0.29) is 0 Å². The molecular formula is C19H17Cl2N5. The molecule has 1 aliphatic heterocycles. The fourth-order valence-electron chi connectivity index (χ4n) is 3.06. The molecule has 3 aromatic rings. The lowest BCUT2D eigenvalue weighted by atomic mass is 10.1. The van der Waals surface area contributed by atoms with E-state index >= 15 is 0 Å². The summed E-state index contributed by atoms with van der Waals surface area (Å²) in [4.78, 5) is 15.7. The molecule has 5 nitrogen and oxygen atoms in total.